The Morgan fingerprint density at radius 1 is 1.29 bits per heavy atom. The fourth-order valence-corrected chi connectivity index (χ4v) is 2.30. The Balaban J connectivity index is 1.80. The van der Waals surface area contributed by atoms with Gasteiger partial charge in [0.15, 0.2) is 0 Å². The van der Waals surface area contributed by atoms with E-state index in [2.05, 4.69) is 17.6 Å². The highest BCUT2D eigenvalue weighted by molar-refractivity contribution is 5.80. The molecule has 0 aromatic rings. The molecule has 3 unspecified atom stereocenters. The third-order valence-corrected chi connectivity index (χ3v) is 3.35. The minimum atomic E-state index is -0.0536. The minimum absolute atomic E-state index is 0.0536. The largest absolute Gasteiger partial charge is 0.379 e. The van der Waals surface area contributed by atoms with E-state index in [4.69, 9.17) is 9.47 Å². The zero-order valence-corrected chi connectivity index (χ0v) is 10.4. The Kier molecular flexibility index (Phi) is 4.76. The van der Waals surface area contributed by atoms with E-state index in [1.807, 2.05) is 0 Å². The van der Waals surface area contributed by atoms with Crippen LogP contribution in [-0.4, -0.2) is 51.0 Å². The van der Waals surface area contributed by atoms with E-state index < -0.39 is 0 Å². The third-order valence-electron chi connectivity index (χ3n) is 3.35. The lowest BCUT2D eigenvalue weighted by molar-refractivity contribution is -0.126. The lowest BCUT2D eigenvalue weighted by Gasteiger charge is -2.20. The molecule has 0 radical (unpaired) electrons. The number of amides is 1. The highest BCUT2D eigenvalue weighted by Crippen LogP contribution is 2.15. The molecule has 0 spiro atoms. The molecule has 5 heteroatoms. The van der Waals surface area contributed by atoms with Crippen LogP contribution < -0.4 is 10.6 Å². The number of hydrogen-bond acceptors (Lipinski definition) is 4. The molecule has 0 saturated carbocycles. The summed E-state index contributed by atoms with van der Waals surface area (Å²) in [4.78, 5) is 12.1. The van der Waals surface area contributed by atoms with Crippen LogP contribution in [0.2, 0.25) is 0 Å². The van der Waals surface area contributed by atoms with Gasteiger partial charge in [0, 0.05) is 12.6 Å². The SMILES string of the molecule is CCCNC1COCC1C(=O)NC1CCOC1. The number of rotatable bonds is 5. The lowest BCUT2D eigenvalue weighted by atomic mass is 10.0. The van der Waals surface area contributed by atoms with E-state index >= 15 is 0 Å². The minimum Gasteiger partial charge on any atom is -0.379 e. The number of hydrogen-bond donors (Lipinski definition) is 2. The van der Waals surface area contributed by atoms with Crippen LogP contribution in [0.5, 0.6) is 0 Å². The van der Waals surface area contributed by atoms with Crippen molar-refractivity contribution in [3.8, 4) is 0 Å². The Bertz CT molecular complexity index is 254. The van der Waals surface area contributed by atoms with Gasteiger partial charge in [0.1, 0.15) is 0 Å². The van der Waals surface area contributed by atoms with Gasteiger partial charge in [0.2, 0.25) is 5.91 Å². The summed E-state index contributed by atoms with van der Waals surface area (Å²) in [7, 11) is 0. The summed E-state index contributed by atoms with van der Waals surface area (Å²) in [5.41, 5.74) is 0. The molecule has 2 heterocycles. The predicted octanol–water partition coefficient (Wildman–Crippen LogP) is -0.0939. The predicted molar refractivity (Wildman–Crippen MR) is 63.8 cm³/mol. The van der Waals surface area contributed by atoms with Gasteiger partial charge in [0.25, 0.3) is 0 Å². The Labute approximate surface area is 102 Å². The van der Waals surface area contributed by atoms with Crippen molar-refractivity contribution in [3.63, 3.8) is 0 Å². The summed E-state index contributed by atoms with van der Waals surface area (Å²) in [6.45, 7) is 5.62. The second kappa shape index (κ2) is 6.33. The molecule has 2 aliphatic rings. The molecule has 0 aromatic carbocycles. The normalized spacial score (nSPS) is 32.9. The molecule has 3 atom stereocenters. The quantitative estimate of drug-likeness (QED) is 0.707. The molecule has 2 saturated heterocycles. The summed E-state index contributed by atoms with van der Waals surface area (Å²) in [6, 6.07) is 0.354. The molecule has 98 valence electrons. The summed E-state index contributed by atoms with van der Waals surface area (Å²) in [6.07, 6.45) is 1.99. The van der Waals surface area contributed by atoms with Gasteiger partial charge in [0.05, 0.1) is 31.8 Å². The molecule has 2 N–H and O–H groups in total. The van der Waals surface area contributed by atoms with Crippen molar-refractivity contribution < 1.29 is 14.3 Å². The summed E-state index contributed by atoms with van der Waals surface area (Å²) >= 11 is 0. The van der Waals surface area contributed by atoms with Crippen molar-refractivity contribution in [3.05, 3.63) is 0 Å². The maximum atomic E-state index is 12.1. The number of nitrogens with one attached hydrogen (secondary N) is 2. The van der Waals surface area contributed by atoms with Crippen LogP contribution in [0.25, 0.3) is 0 Å². The van der Waals surface area contributed by atoms with Crippen molar-refractivity contribution in [2.45, 2.75) is 31.8 Å². The van der Waals surface area contributed by atoms with Crippen LogP contribution >= 0.6 is 0 Å². The number of carbonyl (C=O) groups is 1. The highest BCUT2D eigenvalue weighted by atomic mass is 16.5. The van der Waals surface area contributed by atoms with Gasteiger partial charge in [-0.25, -0.2) is 0 Å². The first-order valence-corrected chi connectivity index (χ1v) is 6.50. The van der Waals surface area contributed by atoms with E-state index in [9.17, 15) is 4.79 Å². The first-order valence-electron chi connectivity index (χ1n) is 6.50. The molecule has 0 bridgehead atoms. The fraction of sp³-hybridized carbons (Fsp3) is 0.917. The van der Waals surface area contributed by atoms with Crippen molar-refractivity contribution in [1.29, 1.82) is 0 Å². The molecule has 5 nitrogen and oxygen atoms in total. The van der Waals surface area contributed by atoms with Crippen LogP contribution in [0, 0.1) is 5.92 Å². The van der Waals surface area contributed by atoms with Gasteiger partial charge in [-0.3, -0.25) is 4.79 Å². The van der Waals surface area contributed by atoms with Crippen LogP contribution in [0.1, 0.15) is 19.8 Å². The van der Waals surface area contributed by atoms with Gasteiger partial charge in [-0.15, -0.1) is 0 Å². The number of ether oxygens (including phenoxy) is 2. The summed E-state index contributed by atoms with van der Waals surface area (Å²) in [5.74, 6) is 0.0498. The maximum Gasteiger partial charge on any atom is 0.227 e. The second-order valence-corrected chi connectivity index (χ2v) is 4.77. The van der Waals surface area contributed by atoms with Gasteiger partial charge < -0.3 is 20.1 Å². The van der Waals surface area contributed by atoms with Crippen LogP contribution in [0.4, 0.5) is 0 Å². The standard InChI is InChI=1S/C12H22N2O3/c1-2-4-13-11-8-17-7-10(11)12(15)14-9-3-5-16-6-9/h9-11,13H,2-8H2,1H3,(H,14,15). The van der Waals surface area contributed by atoms with Crippen LogP contribution in [0.3, 0.4) is 0 Å². The molecule has 17 heavy (non-hydrogen) atoms. The molecule has 0 aromatic heterocycles. The highest BCUT2D eigenvalue weighted by Gasteiger charge is 2.34. The monoisotopic (exact) mass is 242 g/mol. The first kappa shape index (κ1) is 12.8. The van der Waals surface area contributed by atoms with E-state index in [1.54, 1.807) is 0 Å². The Hall–Kier alpha value is -0.650. The van der Waals surface area contributed by atoms with E-state index in [-0.39, 0.29) is 23.9 Å². The van der Waals surface area contributed by atoms with Crippen LogP contribution in [-0.2, 0) is 14.3 Å². The second-order valence-electron chi connectivity index (χ2n) is 4.77. The van der Waals surface area contributed by atoms with E-state index in [0.717, 1.165) is 26.0 Å². The lowest BCUT2D eigenvalue weighted by Crippen LogP contribution is -2.47. The van der Waals surface area contributed by atoms with Crippen LogP contribution in [0.15, 0.2) is 0 Å². The smallest absolute Gasteiger partial charge is 0.227 e. The van der Waals surface area contributed by atoms with Gasteiger partial charge in [-0.05, 0) is 19.4 Å². The molecular formula is C12H22N2O3. The van der Waals surface area contributed by atoms with Crippen molar-refractivity contribution in [2.24, 2.45) is 5.92 Å². The topological polar surface area (TPSA) is 59.6 Å². The van der Waals surface area contributed by atoms with Crippen molar-refractivity contribution >= 4 is 5.91 Å². The maximum absolute atomic E-state index is 12.1. The summed E-state index contributed by atoms with van der Waals surface area (Å²) in [5, 5.41) is 6.41. The molecule has 2 rings (SSSR count). The Morgan fingerprint density at radius 2 is 2.18 bits per heavy atom. The van der Waals surface area contributed by atoms with Gasteiger partial charge >= 0.3 is 0 Å². The van der Waals surface area contributed by atoms with Gasteiger partial charge in [-0.1, -0.05) is 6.92 Å². The average molecular weight is 242 g/mol. The number of carbonyl (C=O) groups excluding carboxylic acids is 1. The van der Waals surface area contributed by atoms with E-state index in [1.165, 1.54) is 0 Å². The van der Waals surface area contributed by atoms with Gasteiger partial charge in [-0.2, -0.15) is 0 Å². The zero-order chi connectivity index (χ0) is 12.1. The zero-order valence-electron chi connectivity index (χ0n) is 10.4. The van der Waals surface area contributed by atoms with Crippen molar-refractivity contribution in [1.82, 2.24) is 10.6 Å². The molecular weight excluding hydrogens is 220 g/mol. The molecule has 1 amide bonds. The summed E-state index contributed by atoms with van der Waals surface area (Å²) < 4.78 is 10.6. The molecule has 0 aliphatic carbocycles. The fourth-order valence-electron chi connectivity index (χ4n) is 2.30. The molecule has 2 fully saturated rings. The first-order chi connectivity index (χ1) is 8.31. The Morgan fingerprint density at radius 3 is 2.88 bits per heavy atom. The average Bonchev–Trinajstić information content (AvgIpc) is 2.96. The molecule has 2 aliphatic heterocycles. The third kappa shape index (κ3) is 3.40. The van der Waals surface area contributed by atoms with Crippen molar-refractivity contribution in [2.75, 3.05) is 33.0 Å². The van der Waals surface area contributed by atoms with E-state index in [0.29, 0.717) is 19.8 Å².